The zero-order valence-corrected chi connectivity index (χ0v) is 18.3. The quantitative estimate of drug-likeness (QED) is 0.606. The average Bonchev–Trinajstić information content (AvgIpc) is 2.75. The highest BCUT2D eigenvalue weighted by atomic mass is 16.4. The highest BCUT2D eigenvalue weighted by Crippen LogP contribution is 2.40. The Morgan fingerprint density at radius 3 is 2.58 bits per heavy atom. The molecule has 0 saturated carbocycles. The highest BCUT2D eigenvalue weighted by Gasteiger charge is 2.39. The fourth-order valence-corrected chi connectivity index (χ4v) is 4.53. The van der Waals surface area contributed by atoms with Crippen molar-refractivity contribution in [3.63, 3.8) is 0 Å². The molecule has 0 aromatic heterocycles. The van der Waals surface area contributed by atoms with Crippen LogP contribution in [-0.2, 0) is 21.4 Å². The number of benzene rings is 2. The first-order valence-corrected chi connectivity index (χ1v) is 10.8. The van der Waals surface area contributed by atoms with Gasteiger partial charge in [0.1, 0.15) is 12.3 Å². The molecule has 0 unspecified atom stereocenters. The Balaban J connectivity index is 1.69. The highest BCUT2D eigenvalue weighted by molar-refractivity contribution is 5.83. The topological polar surface area (TPSA) is 89.9 Å². The molecule has 6 nitrogen and oxygen atoms in total. The van der Waals surface area contributed by atoms with Crippen molar-refractivity contribution in [2.45, 2.75) is 32.1 Å². The summed E-state index contributed by atoms with van der Waals surface area (Å²) in [4.78, 5) is 26.0. The molecule has 1 fully saturated rings. The third-order valence-electron chi connectivity index (χ3n) is 6.66. The molecule has 3 rings (SSSR count). The molecular weight excluding hydrogens is 392 g/mol. The lowest BCUT2D eigenvalue weighted by Crippen LogP contribution is -2.50. The number of rotatable bonds is 8. The molecule has 1 heterocycles. The van der Waals surface area contributed by atoms with Gasteiger partial charge in [0.15, 0.2) is 0 Å². The van der Waals surface area contributed by atoms with Crippen LogP contribution in [0.15, 0.2) is 54.6 Å². The summed E-state index contributed by atoms with van der Waals surface area (Å²) in [6, 6.07) is 17.3. The minimum atomic E-state index is -1.04. The summed E-state index contributed by atoms with van der Waals surface area (Å²) in [6.45, 7) is 6.35. The third-order valence-corrected chi connectivity index (χ3v) is 6.66. The van der Waals surface area contributed by atoms with Crippen LogP contribution in [0.5, 0.6) is 5.75 Å². The van der Waals surface area contributed by atoms with Crippen molar-refractivity contribution in [2.24, 2.45) is 11.8 Å². The van der Waals surface area contributed by atoms with E-state index in [0.717, 1.165) is 30.6 Å². The lowest BCUT2D eigenvalue weighted by Gasteiger charge is -2.45. The number of piperidine rings is 1. The van der Waals surface area contributed by atoms with E-state index in [2.05, 4.69) is 30.1 Å². The first-order valence-electron chi connectivity index (χ1n) is 10.8. The molecule has 1 aliphatic heterocycles. The Labute approximate surface area is 183 Å². The van der Waals surface area contributed by atoms with Gasteiger partial charge in [-0.3, -0.25) is 9.59 Å². The standard InChI is InChI=1S/C25H32N2O4/c1-18-16-27(12-11-25(18,2)21-9-6-10-22(28)14-21)17-20(24(31)26-15-23(29)30)13-19-7-4-3-5-8-19/h3-10,14,18,20,28H,11-13,15-17H2,1-2H3,(H,26,31)(H,29,30)/t18-,20-,25+/m1/s1. The Bertz CT molecular complexity index is 901. The van der Waals surface area contributed by atoms with Gasteiger partial charge < -0.3 is 20.4 Å². The van der Waals surface area contributed by atoms with Gasteiger partial charge in [-0.1, -0.05) is 56.3 Å². The van der Waals surface area contributed by atoms with Crippen molar-refractivity contribution in [1.82, 2.24) is 10.2 Å². The van der Waals surface area contributed by atoms with E-state index in [1.165, 1.54) is 0 Å². The number of aromatic hydroxyl groups is 1. The number of phenolic OH excluding ortho intramolecular Hbond substituents is 1. The summed E-state index contributed by atoms with van der Waals surface area (Å²) in [5.74, 6) is -0.964. The SMILES string of the molecule is C[C@@H]1CN(C[C@@H](Cc2ccccc2)C(=O)NCC(=O)O)CC[C@]1(C)c1cccc(O)c1. The fourth-order valence-electron chi connectivity index (χ4n) is 4.53. The number of nitrogens with one attached hydrogen (secondary N) is 1. The maximum atomic E-state index is 12.8. The zero-order valence-electron chi connectivity index (χ0n) is 18.3. The van der Waals surface area contributed by atoms with Gasteiger partial charge in [0, 0.05) is 13.1 Å². The van der Waals surface area contributed by atoms with Gasteiger partial charge in [0.2, 0.25) is 5.91 Å². The number of hydrogen-bond acceptors (Lipinski definition) is 4. The van der Waals surface area contributed by atoms with E-state index in [1.54, 1.807) is 6.07 Å². The number of hydrogen-bond donors (Lipinski definition) is 3. The van der Waals surface area contributed by atoms with Crippen LogP contribution < -0.4 is 5.32 Å². The van der Waals surface area contributed by atoms with Gasteiger partial charge in [-0.15, -0.1) is 0 Å². The molecule has 0 spiro atoms. The van der Waals surface area contributed by atoms with Crippen molar-refractivity contribution in [2.75, 3.05) is 26.2 Å². The monoisotopic (exact) mass is 424 g/mol. The maximum Gasteiger partial charge on any atom is 0.322 e. The number of carbonyl (C=O) groups excluding carboxylic acids is 1. The minimum Gasteiger partial charge on any atom is -0.508 e. The van der Waals surface area contributed by atoms with E-state index in [1.807, 2.05) is 42.5 Å². The van der Waals surface area contributed by atoms with Crippen LogP contribution in [0, 0.1) is 11.8 Å². The Hall–Kier alpha value is -2.86. The third kappa shape index (κ3) is 5.85. The second kappa shape index (κ2) is 9.96. The van der Waals surface area contributed by atoms with Crippen LogP contribution in [0.1, 0.15) is 31.4 Å². The van der Waals surface area contributed by atoms with Crippen molar-refractivity contribution in [1.29, 1.82) is 0 Å². The molecule has 2 aromatic carbocycles. The Kier molecular flexibility index (Phi) is 7.33. The molecule has 1 aliphatic rings. The van der Waals surface area contributed by atoms with Crippen LogP contribution in [0.25, 0.3) is 0 Å². The predicted molar refractivity (Wildman–Crippen MR) is 120 cm³/mol. The summed E-state index contributed by atoms with van der Waals surface area (Å²) in [6.07, 6.45) is 1.49. The summed E-state index contributed by atoms with van der Waals surface area (Å²) in [5, 5.41) is 21.4. The largest absolute Gasteiger partial charge is 0.508 e. The van der Waals surface area contributed by atoms with Crippen LogP contribution in [0.4, 0.5) is 0 Å². The molecule has 0 bridgehead atoms. The number of carboxylic acids is 1. The molecule has 2 aromatic rings. The van der Waals surface area contributed by atoms with Gasteiger partial charge in [-0.25, -0.2) is 0 Å². The van der Waals surface area contributed by atoms with E-state index in [-0.39, 0.29) is 29.5 Å². The van der Waals surface area contributed by atoms with E-state index in [4.69, 9.17) is 5.11 Å². The number of phenols is 1. The van der Waals surface area contributed by atoms with E-state index < -0.39 is 5.97 Å². The van der Waals surface area contributed by atoms with Crippen LogP contribution in [0.2, 0.25) is 0 Å². The van der Waals surface area contributed by atoms with E-state index in [0.29, 0.717) is 18.9 Å². The zero-order chi connectivity index (χ0) is 22.4. The first kappa shape index (κ1) is 22.8. The summed E-state index contributed by atoms with van der Waals surface area (Å²) in [7, 11) is 0. The Morgan fingerprint density at radius 1 is 1.19 bits per heavy atom. The molecule has 166 valence electrons. The molecule has 6 heteroatoms. The predicted octanol–water partition coefficient (Wildman–Crippen LogP) is 3.05. The molecule has 1 amide bonds. The fraction of sp³-hybridized carbons (Fsp3) is 0.440. The van der Waals surface area contributed by atoms with Gasteiger partial charge in [0.05, 0.1) is 5.92 Å². The van der Waals surface area contributed by atoms with Crippen molar-refractivity contribution < 1.29 is 19.8 Å². The van der Waals surface area contributed by atoms with Crippen molar-refractivity contribution >= 4 is 11.9 Å². The van der Waals surface area contributed by atoms with Crippen LogP contribution >= 0.6 is 0 Å². The normalized spacial score (nSPS) is 22.6. The first-order chi connectivity index (χ1) is 14.8. The van der Waals surface area contributed by atoms with E-state index in [9.17, 15) is 14.7 Å². The molecule has 0 aliphatic carbocycles. The van der Waals surface area contributed by atoms with Crippen molar-refractivity contribution in [3.8, 4) is 5.75 Å². The number of likely N-dealkylation sites (tertiary alicyclic amines) is 1. The van der Waals surface area contributed by atoms with Gasteiger partial charge in [-0.05, 0) is 54.0 Å². The number of carbonyl (C=O) groups is 2. The number of amides is 1. The number of carboxylic acid groups (broad SMARTS) is 1. The summed E-state index contributed by atoms with van der Waals surface area (Å²) >= 11 is 0. The van der Waals surface area contributed by atoms with Crippen LogP contribution in [-0.4, -0.2) is 53.2 Å². The smallest absolute Gasteiger partial charge is 0.322 e. The summed E-state index contributed by atoms with van der Waals surface area (Å²) < 4.78 is 0. The van der Waals surface area contributed by atoms with Crippen LogP contribution in [0.3, 0.4) is 0 Å². The second-order valence-corrected chi connectivity index (χ2v) is 8.88. The lowest BCUT2D eigenvalue weighted by molar-refractivity contribution is -0.138. The van der Waals surface area contributed by atoms with E-state index >= 15 is 0 Å². The average molecular weight is 425 g/mol. The van der Waals surface area contributed by atoms with Crippen molar-refractivity contribution in [3.05, 3.63) is 65.7 Å². The molecule has 0 radical (unpaired) electrons. The molecule has 31 heavy (non-hydrogen) atoms. The molecular formula is C25H32N2O4. The number of nitrogens with zero attached hydrogens (tertiary/aromatic N) is 1. The minimum absolute atomic E-state index is 0.0459. The maximum absolute atomic E-state index is 12.8. The van der Waals surface area contributed by atoms with Gasteiger partial charge in [-0.2, -0.15) is 0 Å². The molecule has 1 saturated heterocycles. The summed E-state index contributed by atoms with van der Waals surface area (Å²) in [5.41, 5.74) is 2.16. The molecule has 3 atom stereocenters. The lowest BCUT2D eigenvalue weighted by atomic mass is 9.68. The van der Waals surface area contributed by atoms with Gasteiger partial charge >= 0.3 is 5.97 Å². The second-order valence-electron chi connectivity index (χ2n) is 8.88. The Morgan fingerprint density at radius 2 is 1.94 bits per heavy atom. The number of aliphatic carboxylic acids is 1. The van der Waals surface area contributed by atoms with Gasteiger partial charge in [0.25, 0.3) is 0 Å². The molecule has 3 N–H and O–H groups in total.